The van der Waals surface area contributed by atoms with Gasteiger partial charge in [0.2, 0.25) is 0 Å². The molecule has 0 unspecified atom stereocenters. The molecule has 0 bridgehead atoms. The molecule has 3 heteroatoms. The van der Waals surface area contributed by atoms with Gasteiger partial charge in [-0.2, -0.15) is 0 Å². The molecule has 0 amide bonds. The fraction of sp³-hybridized carbons (Fsp3) is 1.00. The summed E-state index contributed by atoms with van der Waals surface area (Å²) >= 11 is 0. The summed E-state index contributed by atoms with van der Waals surface area (Å²) in [6, 6.07) is 0. The van der Waals surface area contributed by atoms with Crippen LogP contribution in [0.1, 0.15) is 27.2 Å². The Bertz CT molecular complexity index is 40.2. The third kappa shape index (κ3) is 15.8. The van der Waals surface area contributed by atoms with Gasteiger partial charge in [-0.3, -0.25) is 0 Å². The van der Waals surface area contributed by atoms with Gasteiger partial charge in [-0.25, -0.2) is 0 Å². The van der Waals surface area contributed by atoms with Gasteiger partial charge in [-0.15, -0.1) is 0 Å². The largest absolute Gasteiger partial charge is 3.00 e. The van der Waals surface area contributed by atoms with Crippen molar-refractivity contribution in [2.75, 3.05) is 0 Å². The summed E-state index contributed by atoms with van der Waals surface area (Å²) in [7, 11) is 0. The van der Waals surface area contributed by atoms with E-state index in [1.54, 1.807) is 13.8 Å². The molecule has 0 saturated carbocycles. The van der Waals surface area contributed by atoms with Crippen LogP contribution in [0.3, 0.4) is 0 Å². The maximum Gasteiger partial charge on any atom is 3.00 e. The average Bonchev–Trinajstić information content (AvgIpc) is 1.35. The van der Waals surface area contributed by atoms with E-state index in [-0.39, 0.29) is 19.8 Å². The fourth-order valence-electron chi connectivity index (χ4n) is 0. The molecule has 42 valence electrons. The van der Waals surface area contributed by atoms with Crippen molar-refractivity contribution in [3.63, 3.8) is 0 Å². The Morgan fingerprint density at radius 3 is 1.38 bits per heavy atom. The Labute approximate surface area is 58.5 Å². The van der Waals surface area contributed by atoms with E-state index in [1.807, 2.05) is 6.92 Å². The molecule has 0 aliphatic heterocycles. The second kappa shape index (κ2) is 5.95. The van der Waals surface area contributed by atoms with E-state index in [9.17, 15) is 0 Å². The molecule has 0 spiro atoms. The molecule has 0 fully saturated rings. The SMILES string of the molecule is CCC(C)(C)O.[P+3].[P+3]. The maximum atomic E-state index is 8.83. The summed E-state index contributed by atoms with van der Waals surface area (Å²) in [5.74, 6) is 0. The van der Waals surface area contributed by atoms with E-state index in [0.717, 1.165) is 6.42 Å². The molecule has 0 heterocycles. The van der Waals surface area contributed by atoms with Crippen molar-refractivity contribution in [3.05, 3.63) is 0 Å². The van der Waals surface area contributed by atoms with Gasteiger partial charge in [0.05, 0.1) is 5.60 Å². The van der Waals surface area contributed by atoms with E-state index in [4.69, 9.17) is 5.11 Å². The molecule has 0 saturated heterocycles. The van der Waals surface area contributed by atoms with Crippen molar-refractivity contribution in [1.82, 2.24) is 0 Å². The van der Waals surface area contributed by atoms with Crippen LogP contribution in [0.5, 0.6) is 0 Å². The van der Waals surface area contributed by atoms with Gasteiger partial charge in [0.15, 0.2) is 0 Å². The van der Waals surface area contributed by atoms with Crippen LogP contribution in [0.15, 0.2) is 0 Å². The summed E-state index contributed by atoms with van der Waals surface area (Å²) in [6.45, 7) is 5.56. The molecule has 1 N–H and O–H groups in total. The molecule has 8 heavy (non-hydrogen) atoms. The monoisotopic (exact) mass is 150 g/mol. The van der Waals surface area contributed by atoms with Crippen LogP contribution in [0.4, 0.5) is 0 Å². The van der Waals surface area contributed by atoms with E-state index in [1.165, 1.54) is 0 Å². The quantitative estimate of drug-likeness (QED) is 0.570. The van der Waals surface area contributed by atoms with Crippen LogP contribution in [0.2, 0.25) is 0 Å². The Hall–Kier alpha value is 0.820. The smallest absolute Gasteiger partial charge is 0.390 e. The molecule has 0 rings (SSSR count). The molecule has 4 radical (unpaired) electrons. The molecule has 0 atom stereocenters. The Kier molecular flexibility index (Phi) is 11.8. The first-order valence-electron chi connectivity index (χ1n) is 2.28. The number of hydrogen-bond acceptors (Lipinski definition) is 1. The van der Waals surface area contributed by atoms with E-state index < -0.39 is 5.60 Å². The Morgan fingerprint density at radius 1 is 1.25 bits per heavy atom. The summed E-state index contributed by atoms with van der Waals surface area (Å²) in [5, 5.41) is 8.83. The van der Waals surface area contributed by atoms with Crippen LogP contribution in [-0.4, -0.2) is 10.7 Å². The molecule has 1 nitrogen and oxygen atoms in total. The van der Waals surface area contributed by atoms with E-state index in [0.29, 0.717) is 0 Å². The van der Waals surface area contributed by atoms with Crippen molar-refractivity contribution < 1.29 is 5.11 Å². The summed E-state index contributed by atoms with van der Waals surface area (Å²) < 4.78 is 0. The molecular weight excluding hydrogens is 138 g/mol. The summed E-state index contributed by atoms with van der Waals surface area (Å²) in [4.78, 5) is 0. The first-order chi connectivity index (χ1) is 2.56. The molecule has 0 aliphatic rings. The zero-order chi connectivity index (χ0) is 5.21. The normalized spacial score (nSPS) is 9.00. The second-order valence-corrected chi connectivity index (χ2v) is 2.17. The predicted octanol–water partition coefficient (Wildman–Crippen LogP) is 2.89. The van der Waals surface area contributed by atoms with Crippen LogP contribution < -0.4 is 0 Å². The van der Waals surface area contributed by atoms with Crippen molar-refractivity contribution in [3.8, 4) is 0 Å². The maximum absolute atomic E-state index is 8.83. The minimum atomic E-state index is -0.458. The van der Waals surface area contributed by atoms with Crippen LogP contribution in [-0.2, 0) is 0 Å². The van der Waals surface area contributed by atoms with E-state index in [2.05, 4.69) is 0 Å². The van der Waals surface area contributed by atoms with Gasteiger partial charge < -0.3 is 5.11 Å². The Balaban J connectivity index is -0.000000125. The molecule has 0 aliphatic carbocycles. The van der Waals surface area contributed by atoms with Crippen LogP contribution in [0, 0.1) is 0 Å². The van der Waals surface area contributed by atoms with Gasteiger partial charge in [0.1, 0.15) is 0 Å². The summed E-state index contributed by atoms with van der Waals surface area (Å²) in [5.41, 5.74) is -0.458. The minimum Gasteiger partial charge on any atom is -0.390 e. The van der Waals surface area contributed by atoms with E-state index >= 15 is 0 Å². The average molecular weight is 150 g/mol. The standard InChI is InChI=1S/C5H12O.2P/c1-4-5(2,3)6;;/h6H,4H2,1-3H3;;/q;2*+3. The second-order valence-electron chi connectivity index (χ2n) is 2.17. The molecule has 0 aromatic heterocycles. The number of rotatable bonds is 1. The van der Waals surface area contributed by atoms with Gasteiger partial charge in [0, 0.05) is 0 Å². The first-order valence-corrected chi connectivity index (χ1v) is 2.28. The van der Waals surface area contributed by atoms with Gasteiger partial charge in [-0.1, -0.05) is 6.92 Å². The van der Waals surface area contributed by atoms with Crippen molar-refractivity contribution in [2.45, 2.75) is 32.8 Å². The molecule has 0 aromatic carbocycles. The van der Waals surface area contributed by atoms with Crippen LogP contribution >= 0.6 is 19.8 Å². The summed E-state index contributed by atoms with van der Waals surface area (Å²) in [6.07, 6.45) is 0.826. The zero-order valence-corrected chi connectivity index (χ0v) is 7.34. The van der Waals surface area contributed by atoms with Gasteiger partial charge in [0.25, 0.3) is 0 Å². The van der Waals surface area contributed by atoms with Crippen molar-refractivity contribution in [1.29, 1.82) is 0 Å². The third-order valence-corrected chi connectivity index (χ3v) is 0.865. The van der Waals surface area contributed by atoms with Gasteiger partial charge >= 0.3 is 19.8 Å². The zero-order valence-electron chi connectivity index (χ0n) is 5.55. The first kappa shape index (κ1) is 15.9. The number of hydrogen-bond donors (Lipinski definition) is 1. The third-order valence-electron chi connectivity index (χ3n) is 0.865. The van der Waals surface area contributed by atoms with Gasteiger partial charge in [-0.05, 0) is 20.3 Å². The Morgan fingerprint density at radius 2 is 1.38 bits per heavy atom. The fourth-order valence-corrected chi connectivity index (χ4v) is 0. The van der Waals surface area contributed by atoms with Crippen molar-refractivity contribution >= 4 is 19.8 Å². The van der Waals surface area contributed by atoms with Crippen molar-refractivity contribution in [2.24, 2.45) is 0 Å². The molecular formula is C5H12OP2+6. The number of aliphatic hydroxyl groups is 1. The minimum absolute atomic E-state index is 0. The topological polar surface area (TPSA) is 20.2 Å². The molecule has 0 aromatic rings. The van der Waals surface area contributed by atoms with Crippen LogP contribution in [0.25, 0.3) is 0 Å². The predicted molar refractivity (Wildman–Crippen MR) is 40.4 cm³/mol.